The topological polar surface area (TPSA) is 83.6 Å². The molecule has 3 aromatic rings. The van der Waals surface area contributed by atoms with E-state index in [2.05, 4.69) is 24.6 Å². The van der Waals surface area contributed by atoms with E-state index in [1.807, 2.05) is 12.1 Å². The Bertz CT molecular complexity index is 773. The molecule has 3 rings (SSSR count). The van der Waals surface area contributed by atoms with Gasteiger partial charge in [0.25, 0.3) is 0 Å². The Balaban J connectivity index is 1.96. The maximum atomic E-state index is 9.25. The quantitative estimate of drug-likeness (QED) is 0.574. The van der Waals surface area contributed by atoms with Crippen LogP contribution in [0.15, 0.2) is 40.7 Å². The average molecular weight is 292 g/mol. The van der Waals surface area contributed by atoms with Crippen molar-refractivity contribution in [2.24, 2.45) is 10.2 Å². The summed E-state index contributed by atoms with van der Waals surface area (Å²) in [5.74, 6) is 0.223. The van der Waals surface area contributed by atoms with Crippen LogP contribution in [0.1, 0.15) is 0 Å². The Morgan fingerprint density at radius 2 is 2.11 bits per heavy atom. The molecule has 0 radical (unpaired) electrons. The highest BCUT2D eigenvalue weighted by Gasteiger charge is 2.05. The average Bonchev–Trinajstić information content (AvgIpc) is 2.83. The van der Waals surface area contributed by atoms with Crippen molar-refractivity contribution in [1.82, 2.24) is 14.3 Å². The van der Waals surface area contributed by atoms with Gasteiger partial charge in [-0.25, -0.2) is 9.97 Å². The fourth-order valence-corrected chi connectivity index (χ4v) is 2.22. The van der Waals surface area contributed by atoms with Gasteiger partial charge in [-0.2, -0.15) is 4.37 Å². The van der Waals surface area contributed by atoms with E-state index in [0.717, 1.165) is 5.39 Å². The molecule has 3 heterocycles. The zero-order chi connectivity index (χ0) is 13.2. The van der Waals surface area contributed by atoms with Crippen LogP contribution in [0, 0.1) is 0 Å². The fraction of sp³-hybridized carbons (Fsp3) is 0. The third-order valence-corrected chi connectivity index (χ3v) is 3.31. The number of rotatable bonds is 2. The van der Waals surface area contributed by atoms with Crippen LogP contribution >= 0.6 is 23.1 Å². The van der Waals surface area contributed by atoms with Crippen LogP contribution in [-0.2, 0) is 0 Å². The monoisotopic (exact) mass is 291 g/mol. The Morgan fingerprint density at radius 1 is 1.21 bits per heavy atom. The minimum atomic E-state index is -0.0898. The highest BCUT2D eigenvalue weighted by molar-refractivity contribution is 7.11. The van der Waals surface area contributed by atoms with Gasteiger partial charge in [0.2, 0.25) is 0 Å². The molecule has 19 heavy (non-hydrogen) atoms. The smallest absolute Gasteiger partial charge is 0.176 e. The second-order valence-corrected chi connectivity index (χ2v) is 4.65. The molecule has 94 valence electrons. The first-order valence-corrected chi connectivity index (χ1v) is 6.37. The number of hydrogen-bond donors (Lipinski definition) is 1. The summed E-state index contributed by atoms with van der Waals surface area (Å²) in [7, 11) is 0. The molecule has 0 aromatic carbocycles. The molecule has 8 heteroatoms. The molecule has 0 spiro atoms. The molecule has 0 aliphatic heterocycles. The zero-order valence-electron chi connectivity index (χ0n) is 9.36. The molecule has 0 unspecified atom stereocenters. The van der Waals surface area contributed by atoms with Crippen molar-refractivity contribution in [3.63, 3.8) is 0 Å². The van der Waals surface area contributed by atoms with Crippen LogP contribution < -0.4 is 0 Å². The van der Waals surface area contributed by atoms with E-state index >= 15 is 0 Å². The summed E-state index contributed by atoms with van der Waals surface area (Å²) in [5.41, 5.74) is 0.637. The van der Waals surface area contributed by atoms with Crippen LogP contribution in [0.2, 0.25) is 5.15 Å². The molecule has 0 amide bonds. The molecule has 0 fully saturated rings. The van der Waals surface area contributed by atoms with Crippen LogP contribution in [-0.4, -0.2) is 19.4 Å². The van der Waals surface area contributed by atoms with Crippen LogP contribution in [0.4, 0.5) is 10.8 Å². The van der Waals surface area contributed by atoms with Crippen LogP contribution in [0.25, 0.3) is 11.0 Å². The summed E-state index contributed by atoms with van der Waals surface area (Å²) in [5, 5.41) is 18.8. The first-order valence-electron chi connectivity index (χ1n) is 5.22. The van der Waals surface area contributed by atoms with Gasteiger partial charge in [0, 0.05) is 6.20 Å². The molecule has 0 atom stereocenters. The number of nitrogens with zero attached hydrogens (tertiary/aromatic N) is 5. The Morgan fingerprint density at radius 3 is 2.95 bits per heavy atom. The lowest BCUT2D eigenvalue weighted by Crippen LogP contribution is -1.75. The molecule has 0 aliphatic carbocycles. The van der Waals surface area contributed by atoms with Crippen molar-refractivity contribution >= 4 is 45.0 Å². The van der Waals surface area contributed by atoms with Gasteiger partial charge in [0.15, 0.2) is 27.4 Å². The Labute approximate surface area is 116 Å². The number of aromatic hydroxyl groups is 1. The van der Waals surface area contributed by atoms with Gasteiger partial charge in [-0.05, 0) is 35.8 Å². The third kappa shape index (κ3) is 2.38. The lowest BCUT2D eigenvalue weighted by molar-refractivity contribution is 0.473. The predicted molar refractivity (Wildman–Crippen MR) is 72.5 cm³/mol. The molecule has 0 bridgehead atoms. The number of halogens is 1. The second kappa shape index (κ2) is 4.87. The van der Waals surface area contributed by atoms with E-state index in [1.54, 1.807) is 6.20 Å². The van der Waals surface area contributed by atoms with Crippen molar-refractivity contribution < 1.29 is 5.11 Å². The van der Waals surface area contributed by atoms with Crippen molar-refractivity contribution in [1.29, 1.82) is 0 Å². The molecule has 6 nitrogen and oxygen atoms in total. The summed E-state index contributed by atoms with van der Waals surface area (Å²) in [6, 6.07) is 6.62. The fourth-order valence-electron chi connectivity index (χ4n) is 1.41. The van der Waals surface area contributed by atoms with Crippen molar-refractivity contribution in [2.45, 2.75) is 0 Å². The van der Waals surface area contributed by atoms with Crippen molar-refractivity contribution in [2.75, 3.05) is 0 Å². The molecule has 3 aromatic heterocycles. The number of aromatic nitrogens is 3. The highest BCUT2D eigenvalue weighted by atomic mass is 35.5. The van der Waals surface area contributed by atoms with E-state index in [9.17, 15) is 5.11 Å². The van der Waals surface area contributed by atoms with Crippen molar-refractivity contribution in [3.05, 3.63) is 35.6 Å². The zero-order valence-corrected chi connectivity index (χ0v) is 10.9. The SMILES string of the molecule is Oc1ccc(/N=N/c2snc3ncccc23)nc1Cl. The number of azo groups is 1. The number of pyridine rings is 2. The summed E-state index contributed by atoms with van der Waals surface area (Å²) in [6.45, 7) is 0. The largest absolute Gasteiger partial charge is 0.505 e. The molecular weight excluding hydrogens is 286 g/mol. The standard InChI is InChI=1S/C11H6ClN5OS/c12-9-7(18)3-4-8(14-9)15-16-11-6-2-1-5-13-10(6)17-19-11/h1-5,18H/b16-15+. The normalized spacial score (nSPS) is 11.4. The van der Waals surface area contributed by atoms with Gasteiger partial charge in [-0.1, -0.05) is 11.6 Å². The lowest BCUT2D eigenvalue weighted by Gasteiger charge is -1.95. The maximum absolute atomic E-state index is 9.25. The molecular formula is C11H6ClN5OS. The third-order valence-electron chi connectivity index (χ3n) is 2.29. The lowest BCUT2D eigenvalue weighted by atomic mass is 10.3. The van der Waals surface area contributed by atoms with E-state index in [1.165, 1.54) is 23.7 Å². The molecule has 1 N–H and O–H groups in total. The van der Waals surface area contributed by atoms with Gasteiger partial charge in [-0.3, -0.25) is 0 Å². The minimum absolute atomic E-state index is 0.00715. The first kappa shape index (κ1) is 11.9. The van der Waals surface area contributed by atoms with Gasteiger partial charge in [0.05, 0.1) is 5.39 Å². The van der Waals surface area contributed by atoms with Gasteiger partial charge in [0.1, 0.15) is 0 Å². The molecule has 0 saturated carbocycles. The maximum Gasteiger partial charge on any atom is 0.176 e. The number of hydrogen-bond acceptors (Lipinski definition) is 7. The van der Waals surface area contributed by atoms with Gasteiger partial charge >= 0.3 is 0 Å². The summed E-state index contributed by atoms with van der Waals surface area (Å²) in [4.78, 5) is 7.99. The first-order chi connectivity index (χ1) is 9.24. The Kier molecular flexibility index (Phi) is 3.06. The van der Waals surface area contributed by atoms with Crippen LogP contribution in [0.3, 0.4) is 0 Å². The summed E-state index contributed by atoms with van der Waals surface area (Å²) in [6.07, 6.45) is 1.67. The van der Waals surface area contributed by atoms with E-state index < -0.39 is 0 Å². The van der Waals surface area contributed by atoms with E-state index in [-0.39, 0.29) is 10.9 Å². The number of fused-ring (bicyclic) bond motifs is 1. The Hall–Kier alpha value is -2.12. The molecule has 0 aliphatic rings. The summed E-state index contributed by atoms with van der Waals surface area (Å²) >= 11 is 6.89. The minimum Gasteiger partial charge on any atom is -0.505 e. The van der Waals surface area contributed by atoms with E-state index in [0.29, 0.717) is 16.5 Å². The van der Waals surface area contributed by atoms with Gasteiger partial charge in [-0.15, -0.1) is 10.2 Å². The second-order valence-electron chi connectivity index (χ2n) is 3.54. The van der Waals surface area contributed by atoms with Crippen molar-refractivity contribution in [3.8, 4) is 5.75 Å². The highest BCUT2D eigenvalue weighted by Crippen LogP contribution is 2.31. The van der Waals surface area contributed by atoms with Crippen LogP contribution in [0.5, 0.6) is 5.75 Å². The summed E-state index contributed by atoms with van der Waals surface area (Å²) < 4.78 is 4.15. The van der Waals surface area contributed by atoms with Gasteiger partial charge < -0.3 is 5.11 Å². The molecule has 0 saturated heterocycles. The van der Waals surface area contributed by atoms with E-state index in [4.69, 9.17) is 11.6 Å². The predicted octanol–water partition coefficient (Wildman–Crippen LogP) is 3.86.